The van der Waals surface area contributed by atoms with Gasteiger partial charge in [-0.15, -0.1) is 0 Å². The third kappa shape index (κ3) is 3.58. The van der Waals surface area contributed by atoms with Crippen molar-refractivity contribution in [3.05, 3.63) is 48.0 Å². The molecule has 0 N–H and O–H groups in total. The minimum Gasteiger partial charge on any atom is -0.497 e. The lowest BCUT2D eigenvalue weighted by molar-refractivity contribution is -0.137. The van der Waals surface area contributed by atoms with Gasteiger partial charge >= 0.3 is 0 Å². The number of piperidine rings is 1. The molecule has 7 nitrogen and oxygen atoms in total. The van der Waals surface area contributed by atoms with Gasteiger partial charge in [0.25, 0.3) is 0 Å². The van der Waals surface area contributed by atoms with Gasteiger partial charge in [0.2, 0.25) is 18.6 Å². The Hall–Kier alpha value is -3.22. The van der Waals surface area contributed by atoms with Gasteiger partial charge in [-0.3, -0.25) is 9.59 Å². The van der Waals surface area contributed by atoms with Crippen molar-refractivity contribution in [3.8, 4) is 17.2 Å². The predicted molar refractivity (Wildman–Crippen MR) is 114 cm³/mol. The summed E-state index contributed by atoms with van der Waals surface area (Å²) < 4.78 is 16.3. The Morgan fingerprint density at radius 2 is 1.77 bits per heavy atom. The molecule has 3 aliphatic rings. The number of anilines is 1. The molecule has 2 aromatic rings. The maximum absolute atomic E-state index is 13.5. The average Bonchev–Trinajstić information content (AvgIpc) is 3.50. The molecule has 2 amide bonds. The van der Waals surface area contributed by atoms with E-state index in [9.17, 15) is 9.59 Å². The number of hydrogen-bond acceptors (Lipinski definition) is 5. The van der Waals surface area contributed by atoms with E-state index in [2.05, 4.69) is 0 Å². The number of ether oxygens (including phenoxy) is 3. The second-order valence-electron chi connectivity index (χ2n) is 8.20. The van der Waals surface area contributed by atoms with E-state index >= 15 is 0 Å². The number of methoxy groups -OCH3 is 1. The van der Waals surface area contributed by atoms with E-state index in [4.69, 9.17) is 14.2 Å². The van der Waals surface area contributed by atoms with Gasteiger partial charge < -0.3 is 24.0 Å². The highest BCUT2D eigenvalue weighted by Gasteiger charge is 2.43. The van der Waals surface area contributed by atoms with Crippen LogP contribution in [0.15, 0.2) is 42.5 Å². The molecule has 0 aliphatic carbocycles. The Morgan fingerprint density at radius 3 is 2.52 bits per heavy atom. The van der Waals surface area contributed by atoms with E-state index in [1.165, 1.54) is 0 Å². The van der Waals surface area contributed by atoms with Crippen LogP contribution in [-0.2, 0) is 9.59 Å². The molecular weight excluding hydrogens is 396 g/mol. The molecule has 0 aromatic heterocycles. The molecule has 2 aromatic carbocycles. The number of rotatable bonds is 4. The van der Waals surface area contributed by atoms with Crippen LogP contribution in [0.25, 0.3) is 0 Å². The molecule has 2 saturated heterocycles. The highest BCUT2D eigenvalue weighted by Crippen LogP contribution is 2.44. The third-order valence-corrected chi connectivity index (χ3v) is 6.42. The Morgan fingerprint density at radius 1 is 1.03 bits per heavy atom. The van der Waals surface area contributed by atoms with E-state index < -0.39 is 0 Å². The molecular formula is C24H26N2O5. The first-order valence-electron chi connectivity index (χ1n) is 10.8. The van der Waals surface area contributed by atoms with Gasteiger partial charge in [0.15, 0.2) is 11.5 Å². The van der Waals surface area contributed by atoms with Gasteiger partial charge in [-0.25, -0.2) is 0 Å². The van der Waals surface area contributed by atoms with Crippen molar-refractivity contribution in [2.45, 2.75) is 31.7 Å². The molecule has 5 rings (SSSR count). The number of fused-ring (bicyclic) bond motifs is 1. The second kappa shape index (κ2) is 8.13. The summed E-state index contributed by atoms with van der Waals surface area (Å²) in [6.45, 7) is 1.76. The molecule has 2 fully saturated rings. The van der Waals surface area contributed by atoms with Gasteiger partial charge in [0.1, 0.15) is 5.75 Å². The molecule has 3 heterocycles. The zero-order valence-electron chi connectivity index (χ0n) is 17.6. The third-order valence-electron chi connectivity index (χ3n) is 6.42. The molecule has 2 atom stereocenters. The summed E-state index contributed by atoms with van der Waals surface area (Å²) in [6, 6.07) is 12.8. The Balaban J connectivity index is 1.57. The van der Waals surface area contributed by atoms with E-state index in [0.29, 0.717) is 30.0 Å². The van der Waals surface area contributed by atoms with Crippen LogP contribution in [0.3, 0.4) is 0 Å². The molecule has 162 valence electrons. The van der Waals surface area contributed by atoms with Gasteiger partial charge in [0.05, 0.1) is 19.1 Å². The number of nitrogens with zero attached hydrogens (tertiary/aromatic N) is 2. The van der Waals surface area contributed by atoms with Crippen LogP contribution in [0, 0.1) is 5.92 Å². The van der Waals surface area contributed by atoms with Gasteiger partial charge in [-0.1, -0.05) is 12.1 Å². The smallest absolute Gasteiger partial charge is 0.231 e. The van der Waals surface area contributed by atoms with Crippen LogP contribution < -0.4 is 19.1 Å². The molecule has 0 saturated carbocycles. The maximum Gasteiger partial charge on any atom is 0.231 e. The molecule has 31 heavy (non-hydrogen) atoms. The van der Waals surface area contributed by atoms with Crippen molar-refractivity contribution in [1.82, 2.24) is 4.90 Å². The van der Waals surface area contributed by atoms with Crippen molar-refractivity contribution in [3.63, 3.8) is 0 Å². The second-order valence-corrected chi connectivity index (χ2v) is 8.20. The fourth-order valence-electron chi connectivity index (χ4n) is 4.85. The molecule has 0 spiro atoms. The zero-order valence-corrected chi connectivity index (χ0v) is 17.6. The summed E-state index contributed by atoms with van der Waals surface area (Å²) in [5.41, 5.74) is 1.64. The van der Waals surface area contributed by atoms with Crippen LogP contribution in [0.1, 0.15) is 37.3 Å². The minimum absolute atomic E-state index is 0.00477. The number of carbonyl (C=O) groups excluding carboxylic acids is 2. The van der Waals surface area contributed by atoms with Crippen LogP contribution in [0.2, 0.25) is 0 Å². The van der Waals surface area contributed by atoms with Gasteiger partial charge in [0, 0.05) is 31.3 Å². The first-order chi connectivity index (χ1) is 15.2. The monoisotopic (exact) mass is 422 g/mol. The Labute approximate surface area is 181 Å². The SMILES string of the molecule is COc1ccc(C2C(C(=O)N3CCCC3)CCC(=O)N2c2ccc3c(c2)OCO3)cc1. The fraction of sp³-hybridized carbons (Fsp3) is 0.417. The molecule has 3 aliphatic heterocycles. The number of benzene rings is 2. The largest absolute Gasteiger partial charge is 0.497 e. The van der Waals surface area contributed by atoms with Crippen molar-refractivity contribution < 1.29 is 23.8 Å². The standard InChI is InChI=1S/C24H26N2O5/c1-29-18-7-4-16(5-8-18)23-19(24(28)25-12-2-3-13-25)9-11-22(27)26(23)17-6-10-20-21(14-17)31-15-30-20/h4-8,10,14,19,23H,2-3,9,11-13,15H2,1H3. The van der Waals surface area contributed by atoms with Gasteiger partial charge in [-0.2, -0.15) is 0 Å². The lowest BCUT2D eigenvalue weighted by Crippen LogP contribution is -2.48. The van der Waals surface area contributed by atoms with Crippen molar-refractivity contribution in [2.75, 3.05) is 31.9 Å². The zero-order chi connectivity index (χ0) is 21.4. The Bertz CT molecular complexity index is 984. The molecule has 2 unspecified atom stereocenters. The summed E-state index contributed by atoms with van der Waals surface area (Å²) >= 11 is 0. The van der Waals surface area contributed by atoms with Crippen LogP contribution >= 0.6 is 0 Å². The number of hydrogen-bond donors (Lipinski definition) is 0. The number of likely N-dealkylation sites (tertiary alicyclic amines) is 1. The highest BCUT2D eigenvalue weighted by atomic mass is 16.7. The van der Waals surface area contributed by atoms with Crippen molar-refractivity contribution in [2.24, 2.45) is 5.92 Å². The molecule has 0 bridgehead atoms. The normalized spacial score (nSPS) is 22.7. The minimum atomic E-state index is -0.388. The average molecular weight is 422 g/mol. The van der Waals surface area contributed by atoms with E-state index in [1.54, 1.807) is 12.0 Å². The first-order valence-corrected chi connectivity index (χ1v) is 10.8. The fourth-order valence-corrected chi connectivity index (χ4v) is 4.85. The number of carbonyl (C=O) groups is 2. The van der Waals surface area contributed by atoms with Crippen LogP contribution in [-0.4, -0.2) is 43.7 Å². The topological polar surface area (TPSA) is 68.3 Å². The van der Waals surface area contributed by atoms with E-state index in [-0.39, 0.29) is 30.6 Å². The van der Waals surface area contributed by atoms with Crippen molar-refractivity contribution >= 4 is 17.5 Å². The predicted octanol–water partition coefficient (Wildman–Crippen LogP) is 3.53. The van der Waals surface area contributed by atoms with Gasteiger partial charge in [-0.05, 0) is 49.1 Å². The summed E-state index contributed by atoms with van der Waals surface area (Å²) in [5, 5.41) is 0. The highest BCUT2D eigenvalue weighted by molar-refractivity contribution is 5.97. The lowest BCUT2D eigenvalue weighted by Gasteiger charge is -2.42. The summed E-state index contributed by atoms with van der Waals surface area (Å²) in [5.74, 6) is 1.87. The van der Waals surface area contributed by atoms with Crippen LogP contribution in [0.5, 0.6) is 17.2 Å². The van der Waals surface area contributed by atoms with E-state index in [0.717, 1.165) is 37.2 Å². The lowest BCUT2D eigenvalue weighted by atomic mass is 9.82. The first kappa shape index (κ1) is 19.7. The maximum atomic E-state index is 13.5. The summed E-state index contributed by atoms with van der Waals surface area (Å²) in [6.07, 6.45) is 2.96. The van der Waals surface area contributed by atoms with Crippen molar-refractivity contribution in [1.29, 1.82) is 0 Å². The molecule has 0 radical (unpaired) electrons. The molecule has 7 heteroatoms. The van der Waals surface area contributed by atoms with Crippen LogP contribution in [0.4, 0.5) is 5.69 Å². The number of amides is 2. The quantitative estimate of drug-likeness (QED) is 0.754. The Kier molecular flexibility index (Phi) is 5.18. The summed E-state index contributed by atoms with van der Waals surface area (Å²) in [7, 11) is 1.62. The van der Waals surface area contributed by atoms with E-state index in [1.807, 2.05) is 47.4 Å². The summed E-state index contributed by atoms with van der Waals surface area (Å²) in [4.78, 5) is 30.4.